The Hall–Kier alpha value is -1.06. The van der Waals surface area contributed by atoms with E-state index in [-0.39, 0.29) is 0 Å². The highest BCUT2D eigenvalue weighted by Crippen LogP contribution is 2.14. The zero-order valence-corrected chi connectivity index (χ0v) is 10.9. The predicted molar refractivity (Wildman–Crippen MR) is 73.9 cm³/mol. The molecule has 4 heteroatoms. The first-order valence-electron chi connectivity index (χ1n) is 5.85. The fourth-order valence-electron chi connectivity index (χ4n) is 1.99. The third-order valence-electron chi connectivity index (χ3n) is 3.11. The van der Waals surface area contributed by atoms with Crippen molar-refractivity contribution in [2.75, 3.05) is 33.2 Å². The summed E-state index contributed by atoms with van der Waals surface area (Å²) >= 11 is 4.58. The van der Waals surface area contributed by atoms with E-state index in [1.807, 2.05) is 12.1 Å². The number of rotatable bonds is 3. The molecule has 0 N–H and O–H groups in total. The first kappa shape index (κ1) is 12.4. The fraction of sp³-hybridized carbons (Fsp3) is 0.462. The minimum Gasteiger partial charge on any atom is -0.304 e. The van der Waals surface area contributed by atoms with E-state index in [0.717, 1.165) is 38.4 Å². The number of benzene rings is 1. The van der Waals surface area contributed by atoms with Crippen molar-refractivity contribution in [3.63, 3.8) is 0 Å². The zero-order chi connectivity index (χ0) is 12.1. The maximum Gasteiger partial charge on any atom is 0.0739 e. The molecule has 1 heterocycles. The highest BCUT2D eigenvalue weighted by molar-refractivity contribution is 7.78. The molecule has 1 fully saturated rings. The van der Waals surface area contributed by atoms with Gasteiger partial charge in [0.1, 0.15) is 0 Å². The minimum absolute atomic E-state index is 0.877. The monoisotopic (exact) mass is 247 g/mol. The Morgan fingerprint density at radius 1 is 1.18 bits per heavy atom. The fourth-order valence-corrected chi connectivity index (χ4v) is 2.10. The van der Waals surface area contributed by atoms with Gasteiger partial charge >= 0.3 is 0 Å². The normalized spacial score (nSPS) is 17.7. The number of hydrogen-bond acceptors (Lipinski definition) is 4. The molecule has 0 saturated carbocycles. The van der Waals surface area contributed by atoms with Gasteiger partial charge in [0.25, 0.3) is 0 Å². The smallest absolute Gasteiger partial charge is 0.0739 e. The van der Waals surface area contributed by atoms with Crippen molar-refractivity contribution in [3.8, 4) is 0 Å². The number of piperazine rings is 1. The van der Waals surface area contributed by atoms with Gasteiger partial charge in [0.15, 0.2) is 0 Å². The van der Waals surface area contributed by atoms with Crippen LogP contribution in [0.1, 0.15) is 5.56 Å². The maximum absolute atomic E-state index is 4.58. The molecule has 0 aliphatic carbocycles. The third kappa shape index (κ3) is 3.72. The largest absolute Gasteiger partial charge is 0.304 e. The highest BCUT2D eigenvalue weighted by Gasteiger charge is 2.13. The number of thiocarbonyl (C=S) groups is 1. The summed E-state index contributed by atoms with van der Waals surface area (Å²) in [6.07, 6.45) is 0. The molecule has 3 nitrogen and oxygen atoms in total. The van der Waals surface area contributed by atoms with E-state index in [1.54, 1.807) is 0 Å². The van der Waals surface area contributed by atoms with E-state index >= 15 is 0 Å². The van der Waals surface area contributed by atoms with Crippen LogP contribution in [0.5, 0.6) is 0 Å². The molecule has 1 aliphatic rings. The SMILES string of the molecule is CN1CCN(Cc2ccc(N=C=S)cc2)CC1. The average Bonchev–Trinajstić information content (AvgIpc) is 2.35. The molecular formula is C13H17N3S. The Morgan fingerprint density at radius 2 is 1.82 bits per heavy atom. The molecular weight excluding hydrogens is 230 g/mol. The Balaban J connectivity index is 1.92. The lowest BCUT2D eigenvalue weighted by atomic mass is 10.2. The molecule has 0 unspecified atom stereocenters. The van der Waals surface area contributed by atoms with E-state index in [0.29, 0.717) is 0 Å². The second kappa shape index (κ2) is 6.03. The Kier molecular flexibility index (Phi) is 4.40. The van der Waals surface area contributed by atoms with Crippen molar-refractivity contribution in [2.45, 2.75) is 6.54 Å². The second-order valence-corrected chi connectivity index (χ2v) is 4.63. The first-order valence-corrected chi connectivity index (χ1v) is 6.26. The third-order valence-corrected chi connectivity index (χ3v) is 3.20. The van der Waals surface area contributed by atoms with Crippen molar-refractivity contribution >= 4 is 23.1 Å². The number of hydrogen-bond donors (Lipinski definition) is 0. The van der Waals surface area contributed by atoms with E-state index < -0.39 is 0 Å². The molecule has 0 aromatic heterocycles. The quantitative estimate of drug-likeness (QED) is 0.602. The molecule has 17 heavy (non-hydrogen) atoms. The Bertz CT molecular complexity index is 401. The lowest BCUT2D eigenvalue weighted by Gasteiger charge is -2.32. The topological polar surface area (TPSA) is 18.8 Å². The standard InChI is InChI=1S/C13H17N3S/c1-15-6-8-16(9-7-15)10-12-2-4-13(5-3-12)14-11-17/h2-5H,6-10H2,1H3. The molecule has 0 radical (unpaired) electrons. The molecule has 0 spiro atoms. The Labute approximate surface area is 108 Å². The lowest BCUT2D eigenvalue weighted by Crippen LogP contribution is -2.43. The molecule has 1 aromatic rings. The van der Waals surface area contributed by atoms with Crippen LogP contribution < -0.4 is 0 Å². The molecule has 0 bridgehead atoms. The maximum atomic E-state index is 4.58. The predicted octanol–water partition coefficient (Wildman–Crippen LogP) is 2.17. The van der Waals surface area contributed by atoms with Gasteiger partial charge in [-0.05, 0) is 37.0 Å². The molecule has 1 aromatic carbocycles. The summed E-state index contributed by atoms with van der Waals surface area (Å²) in [6, 6.07) is 8.21. The van der Waals surface area contributed by atoms with Crippen LogP contribution in [0.4, 0.5) is 5.69 Å². The molecule has 0 amide bonds. The van der Waals surface area contributed by atoms with Crippen molar-refractivity contribution in [1.29, 1.82) is 0 Å². The van der Waals surface area contributed by atoms with Crippen LogP contribution in [0.25, 0.3) is 0 Å². The van der Waals surface area contributed by atoms with Gasteiger partial charge in [0.05, 0.1) is 10.8 Å². The van der Waals surface area contributed by atoms with E-state index in [9.17, 15) is 0 Å². The number of likely N-dealkylation sites (N-methyl/N-ethyl adjacent to an activating group) is 1. The van der Waals surface area contributed by atoms with Gasteiger partial charge in [-0.2, -0.15) is 4.99 Å². The van der Waals surface area contributed by atoms with Gasteiger partial charge < -0.3 is 4.90 Å². The van der Waals surface area contributed by atoms with E-state index in [4.69, 9.17) is 0 Å². The Morgan fingerprint density at radius 3 is 2.41 bits per heavy atom. The van der Waals surface area contributed by atoms with Gasteiger partial charge in [-0.1, -0.05) is 12.1 Å². The summed E-state index contributed by atoms with van der Waals surface area (Å²) in [4.78, 5) is 8.80. The first-order chi connectivity index (χ1) is 8.28. The molecule has 90 valence electrons. The van der Waals surface area contributed by atoms with Gasteiger partial charge in [0.2, 0.25) is 0 Å². The summed E-state index contributed by atoms with van der Waals surface area (Å²) in [6.45, 7) is 5.64. The van der Waals surface area contributed by atoms with Crippen molar-refractivity contribution in [2.24, 2.45) is 4.99 Å². The lowest BCUT2D eigenvalue weighted by molar-refractivity contribution is 0.148. The summed E-state index contributed by atoms with van der Waals surface area (Å²) < 4.78 is 0. The number of isothiocyanates is 1. The molecule has 1 saturated heterocycles. The number of aliphatic imine (C=N–C) groups is 1. The van der Waals surface area contributed by atoms with Gasteiger partial charge in [0, 0.05) is 32.7 Å². The van der Waals surface area contributed by atoms with Crippen LogP contribution >= 0.6 is 12.2 Å². The molecule has 1 aliphatic heterocycles. The van der Waals surface area contributed by atoms with Gasteiger partial charge in [-0.15, -0.1) is 0 Å². The van der Waals surface area contributed by atoms with E-state index in [1.165, 1.54) is 5.56 Å². The zero-order valence-electron chi connectivity index (χ0n) is 10.1. The van der Waals surface area contributed by atoms with Crippen LogP contribution in [-0.4, -0.2) is 48.2 Å². The van der Waals surface area contributed by atoms with Crippen LogP contribution in [0.15, 0.2) is 29.3 Å². The summed E-state index contributed by atoms with van der Waals surface area (Å²) in [7, 11) is 2.18. The number of nitrogens with zero attached hydrogens (tertiary/aromatic N) is 3. The highest BCUT2D eigenvalue weighted by atomic mass is 32.1. The summed E-state index contributed by atoms with van der Waals surface area (Å²) in [5, 5.41) is 2.38. The van der Waals surface area contributed by atoms with Crippen molar-refractivity contribution in [3.05, 3.63) is 29.8 Å². The second-order valence-electron chi connectivity index (χ2n) is 4.45. The van der Waals surface area contributed by atoms with Gasteiger partial charge in [-0.3, -0.25) is 4.90 Å². The van der Waals surface area contributed by atoms with Crippen LogP contribution in [0.2, 0.25) is 0 Å². The molecule has 2 rings (SSSR count). The summed E-state index contributed by atoms with van der Waals surface area (Å²) in [5.74, 6) is 0. The summed E-state index contributed by atoms with van der Waals surface area (Å²) in [5.41, 5.74) is 2.21. The van der Waals surface area contributed by atoms with Crippen molar-refractivity contribution < 1.29 is 0 Å². The van der Waals surface area contributed by atoms with Gasteiger partial charge in [-0.25, -0.2) is 0 Å². The van der Waals surface area contributed by atoms with Crippen LogP contribution in [0.3, 0.4) is 0 Å². The molecule has 0 atom stereocenters. The minimum atomic E-state index is 0.877. The van der Waals surface area contributed by atoms with Crippen LogP contribution in [0, 0.1) is 0 Å². The van der Waals surface area contributed by atoms with E-state index in [2.05, 4.69) is 51.4 Å². The van der Waals surface area contributed by atoms with Crippen LogP contribution in [-0.2, 0) is 6.54 Å². The average molecular weight is 247 g/mol. The van der Waals surface area contributed by atoms with Crippen molar-refractivity contribution in [1.82, 2.24) is 9.80 Å².